The van der Waals surface area contributed by atoms with Crippen molar-refractivity contribution in [1.29, 1.82) is 0 Å². The van der Waals surface area contributed by atoms with Gasteiger partial charge in [0.25, 0.3) is 0 Å². The zero-order chi connectivity index (χ0) is 14.0. The highest BCUT2D eigenvalue weighted by molar-refractivity contribution is 6.30. The van der Waals surface area contributed by atoms with Crippen LogP contribution in [0.3, 0.4) is 0 Å². The predicted octanol–water partition coefficient (Wildman–Crippen LogP) is -0.0148. The Morgan fingerprint density at radius 3 is 1.44 bits per heavy atom. The van der Waals surface area contributed by atoms with Crippen LogP contribution in [-0.4, -0.2) is 49.0 Å². The highest BCUT2D eigenvalue weighted by Gasteiger charge is 2.11. The van der Waals surface area contributed by atoms with Gasteiger partial charge in [0.15, 0.2) is 0 Å². The van der Waals surface area contributed by atoms with Gasteiger partial charge in [-0.15, -0.1) is 23.2 Å². The fourth-order valence-electron chi connectivity index (χ4n) is 0.980. The van der Waals surface area contributed by atoms with Crippen LogP contribution in [0.25, 0.3) is 0 Å². The van der Waals surface area contributed by atoms with Gasteiger partial charge in [0.05, 0.1) is 13.2 Å². The van der Waals surface area contributed by atoms with Crippen molar-refractivity contribution >= 4 is 35.0 Å². The van der Waals surface area contributed by atoms with Crippen LogP contribution >= 0.6 is 23.2 Å². The van der Waals surface area contributed by atoms with Crippen LogP contribution in [0.1, 0.15) is 12.8 Å². The number of carbonyl (C=O) groups excluding carboxylic acids is 2. The zero-order valence-corrected chi connectivity index (χ0v) is 11.5. The second kappa shape index (κ2) is 10.4. The highest BCUT2D eigenvalue weighted by Crippen LogP contribution is 2.02. The van der Waals surface area contributed by atoms with E-state index in [1.165, 1.54) is 0 Å². The Labute approximate surface area is 116 Å². The number of alkyl halides is 2. The van der Waals surface area contributed by atoms with E-state index in [0.29, 0.717) is 39.3 Å². The predicted molar refractivity (Wildman–Crippen MR) is 68.5 cm³/mol. The number of hydrogen-bond acceptors (Lipinski definition) is 4. The maximum Gasteiger partial charge on any atom is 0.235 e. The summed E-state index contributed by atoms with van der Waals surface area (Å²) in [7, 11) is 0. The largest absolute Gasteiger partial charge is 0.379 e. The minimum Gasteiger partial charge on any atom is -0.379 e. The van der Waals surface area contributed by atoms with Gasteiger partial charge in [-0.25, -0.2) is 0 Å². The maximum atomic E-state index is 10.6. The quantitative estimate of drug-likeness (QED) is 0.413. The van der Waals surface area contributed by atoms with Gasteiger partial charge in [-0.3, -0.25) is 9.59 Å². The molecule has 0 spiro atoms. The molecule has 2 atom stereocenters. The summed E-state index contributed by atoms with van der Waals surface area (Å²) in [5, 5.41) is -1.42. The number of halogens is 2. The molecule has 0 aromatic carbocycles. The van der Waals surface area contributed by atoms with E-state index in [2.05, 4.69) is 0 Å². The van der Waals surface area contributed by atoms with E-state index in [0.717, 1.165) is 0 Å². The van der Waals surface area contributed by atoms with Gasteiger partial charge in [0, 0.05) is 13.2 Å². The Balaban J connectivity index is 3.26. The molecule has 2 amide bonds. The molecule has 0 fully saturated rings. The van der Waals surface area contributed by atoms with Crippen molar-refractivity contribution in [2.45, 2.75) is 23.6 Å². The summed E-state index contributed by atoms with van der Waals surface area (Å²) >= 11 is 11.2. The molecular formula is C10H18Cl2N2O4. The second-order valence-electron chi connectivity index (χ2n) is 3.54. The number of ether oxygens (including phenoxy) is 2. The van der Waals surface area contributed by atoms with Crippen molar-refractivity contribution in [2.24, 2.45) is 11.5 Å². The van der Waals surface area contributed by atoms with Crippen LogP contribution in [0.5, 0.6) is 0 Å². The normalized spacial score (nSPS) is 14.1. The van der Waals surface area contributed by atoms with Gasteiger partial charge < -0.3 is 20.9 Å². The highest BCUT2D eigenvalue weighted by atomic mass is 35.5. The summed E-state index contributed by atoms with van der Waals surface area (Å²) in [4.78, 5) is 21.2. The summed E-state index contributed by atoms with van der Waals surface area (Å²) in [5.41, 5.74) is 9.94. The molecule has 0 aliphatic rings. The molecule has 8 heteroatoms. The SMILES string of the molecule is NC(=O)C(Cl)CCOCCOCCC(Cl)C(N)=O. The van der Waals surface area contributed by atoms with Crippen molar-refractivity contribution in [3.05, 3.63) is 0 Å². The van der Waals surface area contributed by atoms with Gasteiger partial charge in [-0.1, -0.05) is 0 Å². The molecule has 4 N–H and O–H groups in total. The monoisotopic (exact) mass is 300 g/mol. The minimum atomic E-state index is -0.710. The Morgan fingerprint density at radius 2 is 1.17 bits per heavy atom. The van der Waals surface area contributed by atoms with E-state index in [1.807, 2.05) is 0 Å². The van der Waals surface area contributed by atoms with Crippen molar-refractivity contribution in [3.8, 4) is 0 Å². The molecule has 0 heterocycles. The summed E-state index contributed by atoms with van der Waals surface area (Å²) in [5.74, 6) is -1.12. The molecule has 0 aliphatic carbocycles. The lowest BCUT2D eigenvalue weighted by Crippen LogP contribution is -2.25. The molecule has 0 bridgehead atoms. The molecule has 106 valence electrons. The first-order chi connectivity index (χ1) is 8.45. The smallest absolute Gasteiger partial charge is 0.235 e. The van der Waals surface area contributed by atoms with Crippen LogP contribution in [0, 0.1) is 0 Å². The van der Waals surface area contributed by atoms with E-state index in [9.17, 15) is 9.59 Å². The molecule has 0 rings (SSSR count). The van der Waals surface area contributed by atoms with Gasteiger partial charge in [-0.05, 0) is 12.8 Å². The Morgan fingerprint density at radius 1 is 0.833 bits per heavy atom. The van der Waals surface area contributed by atoms with Crippen LogP contribution in [-0.2, 0) is 19.1 Å². The maximum absolute atomic E-state index is 10.6. The molecule has 0 aromatic rings. The van der Waals surface area contributed by atoms with E-state index in [1.54, 1.807) is 0 Å². The molecule has 6 nitrogen and oxygen atoms in total. The van der Waals surface area contributed by atoms with E-state index in [4.69, 9.17) is 44.1 Å². The van der Waals surface area contributed by atoms with Crippen LogP contribution < -0.4 is 11.5 Å². The van der Waals surface area contributed by atoms with Gasteiger partial charge in [-0.2, -0.15) is 0 Å². The third-order valence-corrected chi connectivity index (χ3v) is 2.89. The van der Waals surface area contributed by atoms with Crippen LogP contribution in [0.4, 0.5) is 0 Å². The lowest BCUT2D eigenvalue weighted by molar-refractivity contribution is -0.119. The van der Waals surface area contributed by atoms with Gasteiger partial charge >= 0.3 is 0 Å². The summed E-state index contributed by atoms with van der Waals surface area (Å²) < 4.78 is 10.3. The molecule has 18 heavy (non-hydrogen) atoms. The number of primary amides is 2. The summed E-state index contributed by atoms with van der Waals surface area (Å²) in [6.07, 6.45) is 0.727. The van der Waals surface area contributed by atoms with E-state index >= 15 is 0 Å². The Kier molecular flexibility index (Phi) is 10.0. The van der Waals surface area contributed by atoms with E-state index in [-0.39, 0.29) is 0 Å². The zero-order valence-electron chi connectivity index (χ0n) is 9.94. The topological polar surface area (TPSA) is 105 Å². The molecule has 0 saturated carbocycles. The Hall–Kier alpha value is -0.560. The molecule has 0 saturated heterocycles. The number of carbonyl (C=O) groups is 2. The van der Waals surface area contributed by atoms with Crippen LogP contribution in [0.15, 0.2) is 0 Å². The van der Waals surface area contributed by atoms with Crippen molar-refractivity contribution in [3.63, 3.8) is 0 Å². The number of nitrogens with two attached hydrogens (primary N) is 2. The molecule has 2 unspecified atom stereocenters. The lowest BCUT2D eigenvalue weighted by Gasteiger charge is -2.08. The van der Waals surface area contributed by atoms with Gasteiger partial charge in [0.2, 0.25) is 11.8 Å². The molecule has 0 aliphatic heterocycles. The van der Waals surface area contributed by atoms with E-state index < -0.39 is 22.6 Å². The first-order valence-corrected chi connectivity index (χ1v) is 6.34. The summed E-state index contributed by atoms with van der Waals surface area (Å²) in [6.45, 7) is 1.40. The minimum absolute atomic E-state index is 0.333. The van der Waals surface area contributed by atoms with Crippen molar-refractivity contribution < 1.29 is 19.1 Å². The summed E-state index contributed by atoms with van der Waals surface area (Å²) in [6, 6.07) is 0. The van der Waals surface area contributed by atoms with Crippen molar-refractivity contribution in [2.75, 3.05) is 26.4 Å². The van der Waals surface area contributed by atoms with Gasteiger partial charge in [0.1, 0.15) is 10.8 Å². The first kappa shape index (κ1) is 17.4. The first-order valence-electron chi connectivity index (χ1n) is 5.47. The third-order valence-electron chi connectivity index (χ3n) is 2.02. The molecular weight excluding hydrogens is 283 g/mol. The second-order valence-corrected chi connectivity index (χ2v) is 4.60. The lowest BCUT2D eigenvalue weighted by atomic mass is 10.3. The number of amides is 2. The molecule has 0 aromatic heterocycles. The average molecular weight is 301 g/mol. The number of hydrogen-bond donors (Lipinski definition) is 2. The third kappa shape index (κ3) is 9.47. The average Bonchev–Trinajstić information content (AvgIpc) is 2.31. The molecule has 0 radical (unpaired) electrons. The van der Waals surface area contributed by atoms with Crippen molar-refractivity contribution in [1.82, 2.24) is 0 Å². The van der Waals surface area contributed by atoms with Crippen LogP contribution in [0.2, 0.25) is 0 Å². The fraction of sp³-hybridized carbons (Fsp3) is 0.800. The number of rotatable bonds is 11. The fourth-order valence-corrected chi connectivity index (χ4v) is 1.16. The standard InChI is InChI=1S/C10H18Cl2N2O4/c11-7(9(13)15)1-3-17-5-6-18-4-2-8(12)10(14)16/h7-8H,1-6H2,(H2,13,15)(H2,14,16). The Bertz CT molecular complexity index is 240.